The molecule has 1 fully saturated rings. The molecule has 1 atom stereocenters. The monoisotopic (exact) mass is 440 g/mol. The van der Waals surface area contributed by atoms with Gasteiger partial charge in [0.15, 0.2) is 6.04 Å². The topological polar surface area (TPSA) is 104 Å². The molecule has 154 valence electrons. The Hall–Kier alpha value is -2.65. The van der Waals surface area contributed by atoms with Gasteiger partial charge in [-0.3, -0.25) is 9.10 Å². The molecule has 0 radical (unpaired) electrons. The molecule has 1 saturated heterocycles. The van der Waals surface area contributed by atoms with Crippen molar-refractivity contribution in [2.24, 2.45) is 0 Å². The second-order valence-electron chi connectivity index (χ2n) is 6.66. The zero-order valence-corrected chi connectivity index (χ0v) is 16.9. The summed E-state index contributed by atoms with van der Waals surface area (Å²) in [4.78, 5) is 24.2. The van der Waals surface area contributed by atoms with Gasteiger partial charge in [0, 0.05) is 12.1 Å². The first-order valence-corrected chi connectivity index (χ1v) is 10.7. The van der Waals surface area contributed by atoms with Gasteiger partial charge in [0.1, 0.15) is 5.82 Å². The molecule has 0 bridgehead atoms. The number of sulfonamides is 1. The summed E-state index contributed by atoms with van der Waals surface area (Å²) in [6.45, 7) is 2.00. The number of halogens is 2. The molecule has 10 heteroatoms. The molecule has 1 aliphatic heterocycles. The Balaban J connectivity index is 1.85. The minimum absolute atomic E-state index is 0.0326. The maximum absolute atomic E-state index is 13.7. The van der Waals surface area contributed by atoms with Gasteiger partial charge < -0.3 is 10.4 Å². The first-order valence-electron chi connectivity index (χ1n) is 8.70. The van der Waals surface area contributed by atoms with E-state index in [9.17, 15) is 27.5 Å². The predicted molar refractivity (Wildman–Crippen MR) is 106 cm³/mol. The zero-order valence-electron chi connectivity index (χ0n) is 15.4. The largest absolute Gasteiger partial charge is 0.479 e. The van der Waals surface area contributed by atoms with Crippen LogP contribution in [0, 0.1) is 12.7 Å². The lowest BCUT2D eigenvalue weighted by Gasteiger charge is -2.19. The third-order valence-electron chi connectivity index (χ3n) is 4.64. The molecule has 1 unspecified atom stereocenters. The van der Waals surface area contributed by atoms with Gasteiger partial charge in [-0.15, -0.1) is 0 Å². The molecular formula is C19H18ClFN2O5S. The lowest BCUT2D eigenvalue weighted by atomic mass is 10.0. The Morgan fingerprint density at radius 2 is 1.97 bits per heavy atom. The van der Waals surface area contributed by atoms with E-state index in [-0.39, 0.29) is 21.9 Å². The number of nitrogens with one attached hydrogen (secondary N) is 1. The van der Waals surface area contributed by atoms with Gasteiger partial charge in [-0.25, -0.2) is 17.6 Å². The van der Waals surface area contributed by atoms with Crippen molar-refractivity contribution < 1.29 is 27.5 Å². The van der Waals surface area contributed by atoms with Crippen LogP contribution in [0.15, 0.2) is 36.4 Å². The van der Waals surface area contributed by atoms with Crippen molar-refractivity contribution in [3.63, 3.8) is 0 Å². The highest BCUT2D eigenvalue weighted by Crippen LogP contribution is 2.27. The van der Waals surface area contributed by atoms with Crippen molar-refractivity contribution >= 4 is 39.2 Å². The Kier molecular flexibility index (Phi) is 5.81. The van der Waals surface area contributed by atoms with Crippen LogP contribution in [-0.2, 0) is 14.8 Å². The maximum atomic E-state index is 13.7. The van der Waals surface area contributed by atoms with E-state index in [4.69, 9.17) is 11.6 Å². The lowest BCUT2D eigenvalue weighted by molar-refractivity contribution is -0.139. The van der Waals surface area contributed by atoms with E-state index in [0.29, 0.717) is 24.2 Å². The molecular weight excluding hydrogens is 423 g/mol. The molecule has 0 aliphatic carbocycles. The number of anilines is 1. The number of carbonyl (C=O) groups is 2. The summed E-state index contributed by atoms with van der Waals surface area (Å²) in [6, 6.07) is 6.51. The van der Waals surface area contributed by atoms with E-state index < -0.39 is 33.8 Å². The molecule has 7 nitrogen and oxygen atoms in total. The number of aryl methyl sites for hydroxylation is 1. The van der Waals surface area contributed by atoms with Crippen LogP contribution in [0.5, 0.6) is 0 Å². The fourth-order valence-electron chi connectivity index (χ4n) is 3.18. The molecule has 1 heterocycles. The normalized spacial score (nSPS) is 16.4. The first kappa shape index (κ1) is 21.1. The smallest absolute Gasteiger partial charge is 0.330 e. The molecule has 0 spiro atoms. The standard InChI is InChI=1S/C19H18ClFN2O5S/c1-11-9-13(23-7-2-8-29(23,27)28)4-5-14(11)18(24)22-17(19(25)26)12-3-6-15(20)16(21)10-12/h3-6,9-10,17H,2,7-8H2,1H3,(H,22,24)(H,25,26). The highest BCUT2D eigenvalue weighted by Gasteiger charge is 2.29. The number of benzene rings is 2. The van der Waals surface area contributed by atoms with Crippen molar-refractivity contribution in [1.29, 1.82) is 0 Å². The van der Waals surface area contributed by atoms with E-state index in [0.717, 1.165) is 6.07 Å². The van der Waals surface area contributed by atoms with Crippen LogP contribution in [0.3, 0.4) is 0 Å². The summed E-state index contributed by atoms with van der Waals surface area (Å²) in [5, 5.41) is 11.7. The van der Waals surface area contributed by atoms with E-state index in [2.05, 4.69) is 5.32 Å². The van der Waals surface area contributed by atoms with Crippen molar-refractivity contribution in [3.8, 4) is 0 Å². The number of carboxylic acid groups (broad SMARTS) is 1. The van der Waals surface area contributed by atoms with Crippen LogP contribution in [0.1, 0.15) is 33.9 Å². The summed E-state index contributed by atoms with van der Waals surface area (Å²) in [6.07, 6.45) is 0.529. The lowest BCUT2D eigenvalue weighted by Crippen LogP contribution is -2.34. The van der Waals surface area contributed by atoms with Gasteiger partial charge >= 0.3 is 5.97 Å². The number of rotatable bonds is 5. The summed E-state index contributed by atoms with van der Waals surface area (Å²) in [5.74, 6) is -2.76. The van der Waals surface area contributed by atoms with E-state index in [1.165, 1.54) is 28.6 Å². The van der Waals surface area contributed by atoms with Crippen molar-refractivity contribution in [3.05, 3.63) is 63.9 Å². The van der Waals surface area contributed by atoms with Crippen LogP contribution in [0.2, 0.25) is 5.02 Å². The summed E-state index contributed by atoms with van der Waals surface area (Å²) in [7, 11) is -3.36. The first-order chi connectivity index (χ1) is 13.6. The van der Waals surface area contributed by atoms with Gasteiger partial charge in [0.05, 0.1) is 16.5 Å². The molecule has 1 aliphatic rings. The molecule has 2 N–H and O–H groups in total. The number of amides is 1. The fourth-order valence-corrected chi connectivity index (χ4v) is 4.85. The minimum atomic E-state index is -3.36. The van der Waals surface area contributed by atoms with E-state index >= 15 is 0 Å². The van der Waals surface area contributed by atoms with Crippen LogP contribution in [0.4, 0.5) is 10.1 Å². The third kappa shape index (κ3) is 4.35. The van der Waals surface area contributed by atoms with Crippen LogP contribution in [0.25, 0.3) is 0 Å². The van der Waals surface area contributed by atoms with Crippen LogP contribution in [-0.4, -0.2) is 37.7 Å². The Bertz CT molecular complexity index is 1090. The van der Waals surface area contributed by atoms with Crippen molar-refractivity contribution in [2.75, 3.05) is 16.6 Å². The molecule has 2 aromatic carbocycles. The van der Waals surface area contributed by atoms with Crippen LogP contribution < -0.4 is 9.62 Å². The molecule has 0 saturated carbocycles. The summed E-state index contributed by atoms with van der Waals surface area (Å²) < 4.78 is 39.1. The van der Waals surface area contributed by atoms with Crippen molar-refractivity contribution in [2.45, 2.75) is 19.4 Å². The van der Waals surface area contributed by atoms with E-state index in [1.54, 1.807) is 13.0 Å². The average molecular weight is 441 g/mol. The highest BCUT2D eigenvalue weighted by molar-refractivity contribution is 7.93. The van der Waals surface area contributed by atoms with Gasteiger partial charge in [-0.05, 0) is 54.8 Å². The quantitative estimate of drug-likeness (QED) is 0.744. The van der Waals surface area contributed by atoms with Crippen LogP contribution >= 0.6 is 11.6 Å². The average Bonchev–Trinajstić information content (AvgIpc) is 3.00. The van der Waals surface area contributed by atoms with Gasteiger partial charge in [0.25, 0.3) is 5.91 Å². The Labute approximate surface area is 172 Å². The summed E-state index contributed by atoms with van der Waals surface area (Å²) >= 11 is 5.62. The molecule has 2 aromatic rings. The molecule has 3 rings (SSSR count). The third-order valence-corrected chi connectivity index (χ3v) is 6.82. The minimum Gasteiger partial charge on any atom is -0.479 e. The van der Waals surface area contributed by atoms with Crippen molar-refractivity contribution in [1.82, 2.24) is 5.32 Å². The Morgan fingerprint density at radius 1 is 1.24 bits per heavy atom. The Morgan fingerprint density at radius 3 is 2.52 bits per heavy atom. The SMILES string of the molecule is Cc1cc(N2CCCS2(=O)=O)ccc1C(=O)NC(C(=O)O)c1ccc(Cl)c(F)c1. The molecule has 29 heavy (non-hydrogen) atoms. The van der Waals surface area contributed by atoms with E-state index in [1.807, 2.05) is 0 Å². The zero-order chi connectivity index (χ0) is 21.3. The molecule has 0 aromatic heterocycles. The number of hydrogen-bond donors (Lipinski definition) is 2. The second kappa shape index (κ2) is 8.00. The number of hydrogen-bond acceptors (Lipinski definition) is 4. The van der Waals surface area contributed by atoms with Gasteiger partial charge in [-0.2, -0.15) is 0 Å². The second-order valence-corrected chi connectivity index (χ2v) is 9.08. The molecule has 1 amide bonds. The number of carboxylic acids is 1. The maximum Gasteiger partial charge on any atom is 0.330 e. The van der Waals surface area contributed by atoms with Gasteiger partial charge in [-0.1, -0.05) is 17.7 Å². The highest BCUT2D eigenvalue weighted by atomic mass is 35.5. The number of carbonyl (C=O) groups excluding carboxylic acids is 1. The summed E-state index contributed by atoms with van der Waals surface area (Å²) in [5.41, 5.74) is 1.15. The number of aliphatic carboxylic acids is 1. The predicted octanol–water partition coefficient (Wildman–Crippen LogP) is 2.88. The number of nitrogens with zero attached hydrogens (tertiary/aromatic N) is 1. The fraction of sp³-hybridized carbons (Fsp3) is 0.263. The van der Waals surface area contributed by atoms with Gasteiger partial charge in [0.2, 0.25) is 10.0 Å².